The number of thiophene rings is 1. The van der Waals surface area contributed by atoms with Crippen molar-refractivity contribution in [3.05, 3.63) is 51.7 Å². The van der Waals surface area contributed by atoms with E-state index in [2.05, 4.69) is 0 Å². The highest BCUT2D eigenvalue weighted by atomic mass is 32.1. The number of benzene rings is 1. The molecule has 0 spiro atoms. The van der Waals surface area contributed by atoms with Crippen molar-refractivity contribution >= 4 is 17.4 Å². The quantitative estimate of drug-likeness (QED) is 0.810. The molecular formula is C17H21NO4S. The summed E-state index contributed by atoms with van der Waals surface area (Å²) in [5, 5.41) is 20.2. The SMILES string of the molecule is Cc1cc(OC(CCN(C)C(=O)O)c2cccs2)ccc1CO. The summed E-state index contributed by atoms with van der Waals surface area (Å²) >= 11 is 1.59. The molecule has 1 atom stereocenters. The highest BCUT2D eigenvalue weighted by molar-refractivity contribution is 7.10. The van der Waals surface area contributed by atoms with E-state index in [9.17, 15) is 9.90 Å². The maximum atomic E-state index is 10.9. The van der Waals surface area contributed by atoms with Crippen LogP contribution in [0.25, 0.3) is 0 Å². The normalized spacial score (nSPS) is 12.0. The summed E-state index contributed by atoms with van der Waals surface area (Å²) in [6.07, 6.45) is -0.571. The summed E-state index contributed by atoms with van der Waals surface area (Å²) in [7, 11) is 1.55. The van der Waals surface area contributed by atoms with Gasteiger partial charge in [-0.1, -0.05) is 12.1 Å². The first-order valence-corrected chi connectivity index (χ1v) is 8.23. The Morgan fingerprint density at radius 3 is 2.74 bits per heavy atom. The minimum Gasteiger partial charge on any atom is -0.485 e. The van der Waals surface area contributed by atoms with E-state index in [0.29, 0.717) is 13.0 Å². The molecule has 1 aromatic heterocycles. The average molecular weight is 335 g/mol. The van der Waals surface area contributed by atoms with Crippen LogP contribution in [0.15, 0.2) is 35.7 Å². The van der Waals surface area contributed by atoms with Gasteiger partial charge in [0.2, 0.25) is 0 Å². The molecule has 2 N–H and O–H groups in total. The number of hydrogen-bond donors (Lipinski definition) is 2. The van der Waals surface area contributed by atoms with Gasteiger partial charge in [-0.3, -0.25) is 0 Å². The molecule has 124 valence electrons. The van der Waals surface area contributed by atoms with Gasteiger partial charge in [-0.25, -0.2) is 4.79 Å². The van der Waals surface area contributed by atoms with Crippen LogP contribution in [0, 0.1) is 6.92 Å². The van der Waals surface area contributed by atoms with Crippen molar-refractivity contribution in [3.63, 3.8) is 0 Å². The summed E-state index contributed by atoms with van der Waals surface area (Å²) in [6.45, 7) is 2.33. The van der Waals surface area contributed by atoms with Crippen molar-refractivity contribution in [2.24, 2.45) is 0 Å². The lowest BCUT2D eigenvalue weighted by molar-refractivity contribution is 0.141. The van der Waals surface area contributed by atoms with E-state index in [1.807, 2.05) is 42.6 Å². The summed E-state index contributed by atoms with van der Waals surface area (Å²) in [5.74, 6) is 0.719. The van der Waals surface area contributed by atoms with Gasteiger partial charge in [0.05, 0.1) is 6.61 Å². The molecule has 1 amide bonds. The van der Waals surface area contributed by atoms with Crippen LogP contribution in [0.3, 0.4) is 0 Å². The second kappa shape index (κ2) is 7.99. The number of aryl methyl sites for hydroxylation is 1. The molecule has 2 aromatic rings. The van der Waals surface area contributed by atoms with Crippen LogP contribution >= 0.6 is 11.3 Å². The van der Waals surface area contributed by atoms with Gasteiger partial charge in [-0.05, 0) is 41.6 Å². The minimum atomic E-state index is -0.946. The number of rotatable bonds is 7. The van der Waals surface area contributed by atoms with Gasteiger partial charge in [0.1, 0.15) is 11.9 Å². The van der Waals surface area contributed by atoms with E-state index in [4.69, 9.17) is 9.84 Å². The van der Waals surface area contributed by atoms with E-state index in [1.54, 1.807) is 18.4 Å². The fourth-order valence-corrected chi connectivity index (χ4v) is 3.01. The first-order valence-electron chi connectivity index (χ1n) is 7.35. The largest absolute Gasteiger partial charge is 0.485 e. The summed E-state index contributed by atoms with van der Waals surface area (Å²) in [6, 6.07) is 9.52. The standard InChI is InChI=1S/C17H21NO4S/c1-12-10-14(6-5-13(12)11-19)22-15(16-4-3-9-23-16)7-8-18(2)17(20)21/h3-6,9-10,15,19H,7-8,11H2,1-2H3,(H,20,21). The Labute approximate surface area is 139 Å². The molecular weight excluding hydrogens is 314 g/mol. The van der Waals surface area contributed by atoms with Crippen LogP contribution in [0.2, 0.25) is 0 Å². The van der Waals surface area contributed by atoms with E-state index in [0.717, 1.165) is 21.8 Å². The zero-order valence-corrected chi connectivity index (χ0v) is 14.0. The lowest BCUT2D eigenvalue weighted by atomic mass is 10.1. The monoisotopic (exact) mass is 335 g/mol. The molecule has 0 radical (unpaired) electrons. The molecule has 23 heavy (non-hydrogen) atoms. The fourth-order valence-electron chi connectivity index (χ4n) is 2.22. The molecule has 0 fully saturated rings. The molecule has 6 heteroatoms. The fraction of sp³-hybridized carbons (Fsp3) is 0.353. The Hall–Kier alpha value is -2.05. The predicted octanol–water partition coefficient (Wildman–Crippen LogP) is 3.67. The van der Waals surface area contributed by atoms with Gasteiger partial charge in [-0.15, -0.1) is 11.3 Å². The zero-order chi connectivity index (χ0) is 16.8. The smallest absolute Gasteiger partial charge is 0.407 e. The van der Waals surface area contributed by atoms with Crippen LogP contribution in [0.1, 0.15) is 28.5 Å². The zero-order valence-electron chi connectivity index (χ0n) is 13.2. The number of aliphatic hydroxyl groups excluding tert-OH is 1. The Balaban J connectivity index is 2.11. The van der Waals surface area contributed by atoms with Gasteiger partial charge in [-0.2, -0.15) is 0 Å². The highest BCUT2D eigenvalue weighted by Gasteiger charge is 2.17. The van der Waals surface area contributed by atoms with E-state index < -0.39 is 6.09 Å². The van der Waals surface area contributed by atoms with Crippen molar-refractivity contribution in [2.45, 2.75) is 26.1 Å². The third-order valence-corrected chi connectivity index (χ3v) is 4.64. The molecule has 0 saturated carbocycles. The van der Waals surface area contributed by atoms with Gasteiger partial charge < -0.3 is 19.8 Å². The molecule has 5 nitrogen and oxygen atoms in total. The molecule has 0 aliphatic carbocycles. The summed E-state index contributed by atoms with van der Waals surface area (Å²) in [5.41, 5.74) is 1.84. The molecule has 0 aliphatic rings. The average Bonchev–Trinajstić information content (AvgIpc) is 3.05. The summed E-state index contributed by atoms with van der Waals surface area (Å²) in [4.78, 5) is 13.3. The summed E-state index contributed by atoms with van der Waals surface area (Å²) < 4.78 is 6.08. The molecule has 0 bridgehead atoms. The van der Waals surface area contributed by atoms with Gasteiger partial charge >= 0.3 is 6.09 Å². The van der Waals surface area contributed by atoms with E-state index >= 15 is 0 Å². The second-order valence-electron chi connectivity index (χ2n) is 5.36. The lowest BCUT2D eigenvalue weighted by Gasteiger charge is -2.21. The maximum absolute atomic E-state index is 10.9. The Morgan fingerprint density at radius 2 is 2.17 bits per heavy atom. The van der Waals surface area contributed by atoms with Crippen LogP contribution < -0.4 is 4.74 Å². The first-order chi connectivity index (χ1) is 11.0. The van der Waals surface area contributed by atoms with Crippen LogP contribution in [-0.2, 0) is 6.61 Å². The third-order valence-electron chi connectivity index (χ3n) is 3.68. The number of aliphatic hydroxyl groups is 1. The van der Waals surface area contributed by atoms with Crippen LogP contribution in [0.4, 0.5) is 4.79 Å². The number of nitrogens with zero attached hydrogens (tertiary/aromatic N) is 1. The number of ether oxygens (including phenoxy) is 1. The Kier molecular flexibility index (Phi) is 6.01. The van der Waals surface area contributed by atoms with Crippen LogP contribution in [-0.4, -0.2) is 34.8 Å². The Morgan fingerprint density at radius 1 is 1.39 bits per heavy atom. The molecule has 2 rings (SSSR count). The minimum absolute atomic E-state index is 0.00384. The Bertz CT molecular complexity index is 642. The predicted molar refractivity (Wildman–Crippen MR) is 90.1 cm³/mol. The molecule has 1 heterocycles. The van der Waals surface area contributed by atoms with Crippen molar-refractivity contribution < 1.29 is 19.7 Å². The first kappa shape index (κ1) is 17.3. The van der Waals surface area contributed by atoms with Gasteiger partial charge in [0.15, 0.2) is 0 Å². The number of amides is 1. The maximum Gasteiger partial charge on any atom is 0.407 e. The number of carboxylic acid groups (broad SMARTS) is 1. The number of carbonyl (C=O) groups is 1. The third kappa shape index (κ3) is 4.71. The van der Waals surface area contributed by atoms with Crippen molar-refractivity contribution in [1.29, 1.82) is 0 Å². The van der Waals surface area contributed by atoms with Crippen molar-refractivity contribution in [2.75, 3.05) is 13.6 Å². The molecule has 0 aliphatic heterocycles. The van der Waals surface area contributed by atoms with Crippen molar-refractivity contribution in [1.82, 2.24) is 4.90 Å². The topological polar surface area (TPSA) is 70.0 Å². The van der Waals surface area contributed by atoms with E-state index in [-0.39, 0.29) is 12.7 Å². The molecule has 0 saturated heterocycles. The van der Waals surface area contributed by atoms with Gasteiger partial charge in [0.25, 0.3) is 0 Å². The van der Waals surface area contributed by atoms with Gasteiger partial charge in [0, 0.05) is 24.9 Å². The lowest BCUT2D eigenvalue weighted by Crippen LogP contribution is -2.27. The van der Waals surface area contributed by atoms with Crippen molar-refractivity contribution in [3.8, 4) is 5.75 Å². The molecule has 1 aromatic carbocycles. The highest BCUT2D eigenvalue weighted by Crippen LogP contribution is 2.29. The van der Waals surface area contributed by atoms with Crippen LogP contribution in [0.5, 0.6) is 5.75 Å². The number of hydrogen-bond acceptors (Lipinski definition) is 4. The molecule has 1 unspecified atom stereocenters. The van der Waals surface area contributed by atoms with E-state index in [1.165, 1.54) is 4.90 Å². The second-order valence-corrected chi connectivity index (χ2v) is 6.34.